The van der Waals surface area contributed by atoms with E-state index < -0.39 is 5.82 Å². The zero-order valence-electron chi connectivity index (χ0n) is 14.9. The van der Waals surface area contributed by atoms with E-state index in [2.05, 4.69) is 20.6 Å². The van der Waals surface area contributed by atoms with E-state index in [-0.39, 0.29) is 5.02 Å². The van der Waals surface area contributed by atoms with Crippen molar-refractivity contribution < 1.29 is 9.13 Å². The molecular formula is C20H20ClFN4O. The van der Waals surface area contributed by atoms with E-state index in [1.807, 2.05) is 36.4 Å². The lowest BCUT2D eigenvalue weighted by Crippen LogP contribution is -2.09. The van der Waals surface area contributed by atoms with E-state index in [0.29, 0.717) is 30.6 Å². The third-order valence-corrected chi connectivity index (χ3v) is 4.09. The van der Waals surface area contributed by atoms with Crippen molar-refractivity contribution in [3.63, 3.8) is 0 Å². The number of rotatable bonds is 8. The highest BCUT2D eigenvalue weighted by Gasteiger charge is 2.08. The van der Waals surface area contributed by atoms with Gasteiger partial charge in [0.25, 0.3) is 0 Å². The molecule has 0 spiro atoms. The van der Waals surface area contributed by atoms with Crippen LogP contribution in [0, 0.1) is 5.82 Å². The number of benzene rings is 2. The van der Waals surface area contributed by atoms with Crippen molar-refractivity contribution in [2.24, 2.45) is 0 Å². The number of ether oxygens (including phenoxy) is 1. The minimum Gasteiger partial charge on any atom is -0.385 e. The van der Waals surface area contributed by atoms with Crippen molar-refractivity contribution >= 4 is 29.1 Å². The first kappa shape index (κ1) is 19.1. The molecular weight excluding hydrogens is 367 g/mol. The minimum absolute atomic E-state index is 0.0512. The molecule has 2 aromatic carbocycles. The molecule has 0 amide bonds. The Hall–Kier alpha value is -2.70. The zero-order chi connectivity index (χ0) is 19.1. The van der Waals surface area contributed by atoms with Crippen LogP contribution in [0.25, 0.3) is 11.3 Å². The molecule has 0 bridgehead atoms. The number of hydrogen-bond donors (Lipinski definition) is 2. The monoisotopic (exact) mass is 386 g/mol. The molecule has 0 radical (unpaired) electrons. The molecule has 2 N–H and O–H groups in total. The van der Waals surface area contributed by atoms with Gasteiger partial charge in [-0.1, -0.05) is 41.9 Å². The van der Waals surface area contributed by atoms with Crippen molar-refractivity contribution in [1.82, 2.24) is 9.97 Å². The maximum absolute atomic E-state index is 13.4. The Kier molecular flexibility index (Phi) is 6.57. The van der Waals surface area contributed by atoms with Gasteiger partial charge in [0.2, 0.25) is 5.95 Å². The van der Waals surface area contributed by atoms with Crippen molar-refractivity contribution in [3.05, 3.63) is 65.4 Å². The van der Waals surface area contributed by atoms with Crippen LogP contribution in [0.3, 0.4) is 0 Å². The van der Waals surface area contributed by atoms with Gasteiger partial charge in [0.05, 0.1) is 10.7 Å². The summed E-state index contributed by atoms with van der Waals surface area (Å²) in [4.78, 5) is 9.08. The lowest BCUT2D eigenvalue weighted by Gasteiger charge is -2.12. The molecule has 7 heteroatoms. The summed E-state index contributed by atoms with van der Waals surface area (Å²) in [7, 11) is 1.67. The maximum Gasteiger partial charge on any atom is 0.225 e. The van der Waals surface area contributed by atoms with Crippen LogP contribution in [0.15, 0.2) is 54.6 Å². The first-order valence-corrected chi connectivity index (χ1v) is 8.93. The molecule has 3 rings (SSSR count). The van der Waals surface area contributed by atoms with E-state index in [0.717, 1.165) is 17.7 Å². The van der Waals surface area contributed by atoms with Crippen LogP contribution in [0.2, 0.25) is 5.02 Å². The largest absolute Gasteiger partial charge is 0.385 e. The molecule has 5 nitrogen and oxygen atoms in total. The van der Waals surface area contributed by atoms with Gasteiger partial charge in [0.15, 0.2) is 0 Å². The second-order valence-electron chi connectivity index (χ2n) is 5.86. The van der Waals surface area contributed by atoms with Crippen molar-refractivity contribution in [1.29, 1.82) is 0 Å². The fourth-order valence-electron chi connectivity index (χ4n) is 2.49. The molecule has 3 aromatic rings. The summed E-state index contributed by atoms with van der Waals surface area (Å²) >= 11 is 5.86. The average Bonchev–Trinajstić information content (AvgIpc) is 2.69. The lowest BCUT2D eigenvalue weighted by atomic mass is 10.1. The highest BCUT2D eigenvalue weighted by atomic mass is 35.5. The van der Waals surface area contributed by atoms with Gasteiger partial charge < -0.3 is 15.4 Å². The Morgan fingerprint density at radius 2 is 1.89 bits per heavy atom. The van der Waals surface area contributed by atoms with Gasteiger partial charge in [-0.15, -0.1) is 0 Å². The first-order chi connectivity index (χ1) is 13.2. The summed E-state index contributed by atoms with van der Waals surface area (Å²) in [5.74, 6) is 0.624. The Labute approximate surface area is 162 Å². The smallest absolute Gasteiger partial charge is 0.225 e. The summed E-state index contributed by atoms with van der Waals surface area (Å²) in [5.41, 5.74) is 2.39. The SMILES string of the molecule is COCCCNc1nc(Nc2ccc(F)c(Cl)c2)cc(-c2ccccc2)n1. The van der Waals surface area contributed by atoms with Crippen LogP contribution >= 0.6 is 11.6 Å². The molecule has 0 saturated heterocycles. The van der Waals surface area contributed by atoms with E-state index in [1.165, 1.54) is 12.1 Å². The molecule has 0 atom stereocenters. The summed E-state index contributed by atoms with van der Waals surface area (Å²) in [6, 6.07) is 16.1. The molecule has 1 heterocycles. The number of nitrogens with zero attached hydrogens (tertiary/aromatic N) is 2. The molecule has 0 saturated carbocycles. The number of nitrogens with one attached hydrogen (secondary N) is 2. The molecule has 27 heavy (non-hydrogen) atoms. The Bertz CT molecular complexity index is 892. The van der Waals surface area contributed by atoms with E-state index in [1.54, 1.807) is 13.2 Å². The second-order valence-corrected chi connectivity index (χ2v) is 6.26. The third kappa shape index (κ3) is 5.39. The number of hydrogen-bond acceptors (Lipinski definition) is 5. The standard InChI is InChI=1S/C20H20ClFN4O/c1-27-11-5-10-23-20-25-18(14-6-3-2-4-7-14)13-19(26-20)24-15-8-9-17(22)16(21)12-15/h2-4,6-9,12-13H,5,10-11H2,1H3,(H2,23,24,25,26). The highest BCUT2D eigenvalue weighted by molar-refractivity contribution is 6.31. The Balaban J connectivity index is 1.87. The summed E-state index contributed by atoms with van der Waals surface area (Å²) in [6.07, 6.45) is 0.839. The number of aromatic nitrogens is 2. The summed E-state index contributed by atoms with van der Waals surface area (Å²) in [6.45, 7) is 1.35. The number of halogens is 2. The fourth-order valence-corrected chi connectivity index (χ4v) is 2.67. The van der Waals surface area contributed by atoms with Crippen LogP contribution in [0.5, 0.6) is 0 Å². The van der Waals surface area contributed by atoms with Gasteiger partial charge in [-0.05, 0) is 24.6 Å². The van der Waals surface area contributed by atoms with Gasteiger partial charge in [-0.25, -0.2) is 9.37 Å². The molecule has 140 valence electrons. The molecule has 0 fully saturated rings. The van der Waals surface area contributed by atoms with E-state index in [9.17, 15) is 4.39 Å². The van der Waals surface area contributed by atoms with Crippen LogP contribution < -0.4 is 10.6 Å². The topological polar surface area (TPSA) is 59.1 Å². The van der Waals surface area contributed by atoms with Gasteiger partial charge in [0, 0.05) is 37.6 Å². The minimum atomic E-state index is -0.463. The van der Waals surface area contributed by atoms with Crippen LogP contribution in [-0.4, -0.2) is 30.2 Å². The molecule has 0 aliphatic carbocycles. The van der Waals surface area contributed by atoms with Gasteiger partial charge in [-0.3, -0.25) is 0 Å². The molecule has 0 aliphatic heterocycles. The van der Waals surface area contributed by atoms with Crippen molar-refractivity contribution in [3.8, 4) is 11.3 Å². The fraction of sp³-hybridized carbons (Fsp3) is 0.200. The molecule has 1 aromatic heterocycles. The predicted molar refractivity (Wildman–Crippen MR) is 107 cm³/mol. The average molecular weight is 387 g/mol. The first-order valence-electron chi connectivity index (χ1n) is 8.55. The summed E-state index contributed by atoms with van der Waals surface area (Å²) < 4.78 is 18.4. The van der Waals surface area contributed by atoms with Gasteiger partial charge in [0.1, 0.15) is 11.6 Å². The van der Waals surface area contributed by atoms with Crippen LogP contribution in [0.1, 0.15) is 6.42 Å². The molecule has 0 unspecified atom stereocenters. The lowest BCUT2D eigenvalue weighted by molar-refractivity contribution is 0.197. The van der Waals surface area contributed by atoms with Crippen molar-refractivity contribution in [2.45, 2.75) is 6.42 Å². The normalized spacial score (nSPS) is 10.6. The van der Waals surface area contributed by atoms with Crippen LogP contribution in [0.4, 0.5) is 21.8 Å². The number of methoxy groups -OCH3 is 1. The van der Waals surface area contributed by atoms with Crippen molar-refractivity contribution in [2.75, 3.05) is 30.9 Å². The Morgan fingerprint density at radius 3 is 2.63 bits per heavy atom. The van der Waals surface area contributed by atoms with Gasteiger partial charge in [-0.2, -0.15) is 4.98 Å². The highest BCUT2D eigenvalue weighted by Crippen LogP contribution is 2.25. The quantitative estimate of drug-likeness (QED) is 0.526. The zero-order valence-corrected chi connectivity index (χ0v) is 15.6. The Morgan fingerprint density at radius 1 is 1.07 bits per heavy atom. The van der Waals surface area contributed by atoms with Gasteiger partial charge >= 0.3 is 0 Å². The maximum atomic E-state index is 13.4. The predicted octanol–water partition coefficient (Wildman–Crippen LogP) is 5.13. The number of anilines is 3. The van der Waals surface area contributed by atoms with E-state index in [4.69, 9.17) is 16.3 Å². The summed E-state index contributed by atoms with van der Waals surface area (Å²) in [5, 5.41) is 6.42. The molecule has 0 aliphatic rings. The second kappa shape index (κ2) is 9.30. The third-order valence-electron chi connectivity index (χ3n) is 3.80. The van der Waals surface area contributed by atoms with Crippen LogP contribution in [-0.2, 0) is 4.74 Å². The van der Waals surface area contributed by atoms with E-state index >= 15 is 0 Å².